The Kier molecular flexibility index (Phi) is 3.92. The first-order chi connectivity index (χ1) is 8.61. The molecule has 0 saturated heterocycles. The molecule has 0 amide bonds. The van der Waals surface area contributed by atoms with E-state index in [4.69, 9.17) is 8.83 Å². The summed E-state index contributed by atoms with van der Waals surface area (Å²) in [5.74, 6) is 2.86. The van der Waals surface area contributed by atoms with Gasteiger partial charge in [-0.05, 0) is 45.9 Å². The standard InChI is InChI=1S/C15H21NO2/c1-5-6-16-15(13-7-10(2)17-9-13)14-8-11(3)18-12(14)4/h7-9,15-16H,5-6H2,1-4H3. The second-order valence-electron chi connectivity index (χ2n) is 4.75. The fourth-order valence-corrected chi connectivity index (χ4v) is 2.25. The summed E-state index contributed by atoms with van der Waals surface area (Å²) in [7, 11) is 0. The summed E-state index contributed by atoms with van der Waals surface area (Å²) in [6, 6.07) is 4.33. The molecule has 0 aliphatic heterocycles. The largest absolute Gasteiger partial charge is 0.469 e. The lowest BCUT2D eigenvalue weighted by atomic mass is 10.0. The molecule has 1 atom stereocenters. The molecule has 3 heteroatoms. The van der Waals surface area contributed by atoms with Gasteiger partial charge in [0.25, 0.3) is 0 Å². The minimum atomic E-state index is 0.153. The second-order valence-corrected chi connectivity index (χ2v) is 4.75. The monoisotopic (exact) mass is 247 g/mol. The number of rotatable bonds is 5. The molecule has 0 aromatic carbocycles. The Morgan fingerprint density at radius 2 is 1.94 bits per heavy atom. The van der Waals surface area contributed by atoms with E-state index < -0.39 is 0 Å². The minimum absolute atomic E-state index is 0.153. The van der Waals surface area contributed by atoms with Gasteiger partial charge in [0.2, 0.25) is 0 Å². The van der Waals surface area contributed by atoms with Gasteiger partial charge in [0, 0.05) is 11.1 Å². The molecule has 2 rings (SSSR count). The maximum absolute atomic E-state index is 5.63. The Morgan fingerprint density at radius 1 is 1.17 bits per heavy atom. The van der Waals surface area contributed by atoms with Crippen LogP contribution in [0.15, 0.2) is 27.2 Å². The third-order valence-corrected chi connectivity index (χ3v) is 3.07. The number of hydrogen-bond donors (Lipinski definition) is 1. The van der Waals surface area contributed by atoms with E-state index in [2.05, 4.69) is 24.4 Å². The van der Waals surface area contributed by atoms with Crippen LogP contribution >= 0.6 is 0 Å². The van der Waals surface area contributed by atoms with Gasteiger partial charge < -0.3 is 14.2 Å². The third kappa shape index (κ3) is 2.67. The van der Waals surface area contributed by atoms with Gasteiger partial charge in [-0.25, -0.2) is 0 Å². The SMILES string of the molecule is CCCNC(c1coc(C)c1)c1cc(C)oc1C. The van der Waals surface area contributed by atoms with Crippen molar-refractivity contribution in [1.29, 1.82) is 0 Å². The van der Waals surface area contributed by atoms with Crippen LogP contribution in [0.2, 0.25) is 0 Å². The van der Waals surface area contributed by atoms with Crippen LogP contribution < -0.4 is 5.32 Å². The van der Waals surface area contributed by atoms with E-state index in [1.807, 2.05) is 27.0 Å². The molecule has 3 nitrogen and oxygen atoms in total. The molecular weight excluding hydrogens is 226 g/mol. The Morgan fingerprint density at radius 3 is 2.44 bits per heavy atom. The molecular formula is C15H21NO2. The van der Waals surface area contributed by atoms with E-state index >= 15 is 0 Å². The van der Waals surface area contributed by atoms with Gasteiger partial charge in [-0.15, -0.1) is 0 Å². The van der Waals surface area contributed by atoms with Crippen LogP contribution in [-0.2, 0) is 0 Å². The molecule has 0 bridgehead atoms. The van der Waals surface area contributed by atoms with Crippen molar-refractivity contribution in [2.45, 2.75) is 40.2 Å². The van der Waals surface area contributed by atoms with Crippen molar-refractivity contribution >= 4 is 0 Å². The normalized spacial score (nSPS) is 12.9. The molecule has 18 heavy (non-hydrogen) atoms. The summed E-state index contributed by atoms with van der Waals surface area (Å²) in [6.45, 7) is 9.09. The highest BCUT2D eigenvalue weighted by Gasteiger charge is 2.20. The number of furan rings is 2. The van der Waals surface area contributed by atoms with Gasteiger partial charge in [0.05, 0.1) is 12.3 Å². The molecule has 1 unspecified atom stereocenters. The average molecular weight is 247 g/mol. The predicted molar refractivity (Wildman–Crippen MR) is 71.8 cm³/mol. The quantitative estimate of drug-likeness (QED) is 0.871. The smallest absolute Gasteiger partial charge is 0.106 e. The lowest BCUT2D eigenvalue weighted by molar-refractivity contribution is 0.491. The van der Waals surface area contributed by atoms with Gasteiger partial charge in [-0.1, -0.05) is 6.92 Å². The van der Waals surface area contributed by atoms with Gasteiger partial charge in [-0.3, -0.25) is 0 Å². The van der Waals surface area contributed by atoms with Crippen molar-refractivity contribution in [2.75, 3.05) is 6.54 Å². The summed E-state index contributed by atoms with van der Waals surface area (Å²) >= 11 is 0. The zero-order valence-corrected chi connectivity index (χ0v) is 11.5. The highest BCUT2D eigenvalue weighted by molar-refractivity contribution is 5.33. The number of nitrogens with one attached hydrogen (secondary N) is 1. The van der Waals surface area contributed by atoms with Crippen molar-refractivity contribution in [3.63, 3.8) is 0 Å². The van der Waals surface area contributed by atoms with E-state index in [0.29, 0.717) is 0 Å². The van der Waals surface area contributed by atoms with Crippen molar-refractivity contribution in [3.8, 4) is 0 Å². The number of hydrogen-bond acceptors (Lipinski definition) is 3. The Labute approximate surface area is 108 Å². The van der Waals surface area contributed by atoms with Crippen LogP contribution in [-0.4, -0.2) is 6.54 Å². The summed E-state index contributed by atoms with van der Waals surface area (Å²) in [5, 5.41) is 3.55. The zero-order valence-electron chi connectivity index (χ0n) is 11.5. The van der Waals surface area contributed by atoms with Crippen LogP contribution in [0.25, 0.3) is 0 Å². The Bertz CT molecular complexity index is 510. The molecule has 0 spiro atoms. The van der Waals surface area contributed by atoms with Crippen molar-refractivity contribution in [2.24, 2.45) is 0 Å². The van der Waals surface area contributed by atoms with E-state index in [1.165, 1.54) is 5.56 Å². The van der Waals surface area contributed by atoms with Gasteiger partial charge in [-0.2, -0.15) is 0 Å². The molecule has 1 N–H and O–H groups in total. The summed E-state index contributed by atoms with van der Waals surface area (Å²) < 4.78 is 11.1. The van der Waals surface area contributed by atoms with E-state index in [9.17, 15) is 0 Å². The molecule has 0 fully saturated rings. The van der Waals surface area contributed by atoms with Crippen LogP contribution in [0.1, 0.15) is 47.8 Å². The van der Waals surface area contributed by atoms with Crippen LogP contribution in [0.3, 0.4) is 0 Å². The first-order valence-corrected chi connectivity index (χ1v) is 6.47. The first kappa shape index (κ1) is 13.0. The topological polar surface area (TPSA) is 38.3 Å². The van der Waals surface area contributed by atoms with E-state index in [-0.39, 0.29) is 6.04 Å². The van der Waals surface area contributed by atoms with Crippen LogP contribution in [0.4, 0.5) is 0 Å². The van der Waals surface area contributed by atoms with Crippen molar-refractivity contribution in [1.82, 2.24) is 5.32 Å². The summed E-state index contributed by atoms with van der Waals surface area (Å²) in [5.41, 5.74) is 2.35. The molecule has 2 aromatic heterocycles. The maximum Gasteiger partial charge on any atom is 0.106 e. The maximum atomic E-state index is 5.63. The minimum Gasteiger partial charge on any atom is -0.469 e. The lowest BCUT2D eigenvalue weighted by Crippen LogP contribution is -2.23. The molecule has 98 valence electrons. The van der Waals surface area contributed by atoms with E-state index in [0.717, 1.165) is 35.8 Å². The fraction of sp³-hybridized carbons (Fsp3) is 0.467. The molecule has 0 aliphatic rings. The molecule has 0 saturated carbocycles. The van der Waals surface area contributed by atoms with Crippen molar-refractivity contribution in [3.05, 3.63) is 46.8 Å². The van der Waals surface area contributed by atoms with Crippen molar-refractivity contribution < 1.29 is 8.83 Å². The molecule has 2 heterocycles. The van der Waals surface area contributed by atoms with Gasteiger partial charge in [0.15, 0.2) is 0 Å². The second kappa shape index (κ2) is 5.44. The number of aryl methyl sites for hydroxylation is 3. The first-order valence-electron chi connectivity index (χ1n) is 6.47. The Balaban J connectivity index is 2.33. The van der Waals surface area contributed by atoms with Gasteiger partial charge >= 0.3 is 0 Å². The van der Waals surface area contributed by atoms with Gasteiger partial charge in [0.1, 0.15) is 17.3 Å². The van der Waals surface area contributed by atoms with Crippen LogP contribution in [0.5, 0.6) is 0 Å². The highest BCUT2D eigenvalue weighted by Crippen LogP contribution is 2.28. The zero-order chi connectivity index (χ0) is 13.1. The fourth-order valence-electron chi connectivity index (χ4n) is 2.25. The summed E-state index contributed by atoms with van der Waals surface area (Å²) in [6.07, 6.45) is 2.92. The van der Waals surface area contributed by atoms with Crippen LogP contribution in [0, 0.1) is 20.8 Å². The highest BCUT2D eigenvalue weighted by atomic mass is 16.3. The summed E-state index contributed by atoms with van der Waals surface area (Å²) in [4.78, 5) is 0. The third-order valence-electron chi connectivity index (χ3n) is 3.07. The Hall–Kier alpha value is -1.48. The molecule has 2 aromatic rings. The molecule has 0 radical (unpaired) electrons. The lowest BCUT2D eigenvalue weighted by Gasteiger charge is -2.16. The van der Waals surface area contributed by atoms with E-state index in [1.54, 1.807) is 0 Å². The predicted octanol–water partition coefficient (Wildman–Crippen LogP) is 3.89. The molecule has 0 aliphatic carbocycles. The average Bonchev–Trinajstić information content (AvgIpc) is 2.87.